The molecule has 2 heterocycles. The van der Waals surface area contributed by atoms with Crippen molar-refractivity contribution in [1.29, 1.82) is 0 Å². The van der Waals surface area contributed by atoms with Crippen molar-refractivity contribution in [1.82, 2.24) is 20.2 Å². The van der Waals surface area contributed by atoms with E-state index < -0.39 is 0 Å². The molecule has 2 aromatic rings. The summed E-state index contributed by atoms with van der Waals surface area (Å²) in [6, 6.07) is 4.00. The van der Waals surface area contributed by atoms with Crippen LogP contribution in [0.1, 0.15) is 42.9 Å². The van der Waals surface area contributed by atoms with Gasteiger partial charge >= 0.3 is 0 Å². The Morgan fingerprint density at radius 2 is 2.16 bits per heavy atom. The zero-order valence-electron chi connectivity index (χ0n) is 11.3. The third-order valence-corrected chi connectivity index (χ3v) is 3.65. The highest BCUT2D eigenvalue weighted by molar-refractivity contribution is 9.10. The van der Waals surface area contributed by atoms with E-state index in [1.807, 2.05) is 23.7 Å². The van der Waals surface area contributed by atoms with Gasteiger partial charge in [0.2, 0.25) is 0 Å². The van der Waals surface area contributed by atoms with Crippen molar-refractivity contribution in [2.24, 2.45) is 5.84 Å². The van der Waals surface area contributed by atoms with E-state index in [1.165, 1.54) is 0 Å². The normalized spacial score (nSPS) is 12.9. The number of halogens is 1. The molecule has 19 heavy (non-hydrogen) atoms. The number of nitrogens with one attached hydrogen (secondary N) is 1. The van der Waals surface area contributed by atoms with Crippen LogP contribution in [0.3, 0.4) is 0 Å². The molecule has 0 radical (unpaired) electrons. The fourth-order valence-corrected chi connectivity index (χ4v) is 2.62. The fraction of sp³-hybridized carbons (Fsp3) is 0.385. The van der Waals surface area contributed by atoms with E-state index in [9.17, 15) is 0 Å². The summed E-state index contributed by atoms with van der Waals surface area (Å²) < 4.78 is 2.87. The molecule has 0 fully saturated rings. The lowest BCUT2D eigenvalue weighted by Crippen LogP contribution is -2.32. The lowest BCUT2D eigenvalue weighted by atomic mass is 10.1. The van der Waals surface area contributed by atoms with E-state index in [0.29, 0.717) is 0 Å². The second-order valence-corrected chi connectivity index (χ2v) is 5.58. The smallest absolute Gasteiger partial charge is 0.106 e. The number of nitrogens with two attached hydrogens (primary N) is 1. The van der Waals surface area contributed by atoms with Gasteiger partial charge in [-0.1, -0.05) is 6.07 Å². The number of aromatic nitrogens is 3. The number of rotatable bonds is 4. The average molecular weight is 324 g/mol. The maximum absolute atomic E-state index is 5.75. The molecule has 2 rings (SSSR count). The highest BCUT2D eigenvalue weighted by atomic mass is 79.9. The van der Waals surface area contributed by atoms with Crippen molar-refractivity contribution in [2.45, 2.75) is 32.9 Å². The Labute approximate surface area is 121 Å². The number of nitrogens with zero attached hydrogens (tertiary/aromatic N) is 3. The van der Waals surface area contributed by atoms with Crippen LogP contribution in [-0.2, 0) is 0 Å². The summed E-state index contributed by atoms with van der Waals surface area (Å²) in [7, 11) is 0. The van der Waals surface area contributed by atoms with Gasteiger partial charge < -0.3 is 0 Å². The number of hydrogen-bond acceptors (Lipinski definition) is 4. The van der Waals surface area contributed by atoms with Gasteiger partial charge in [-0.15, -0.1) is 0 Å². The molecule has 1 unspecified atom stereocenters. The van der Waals surface area contributed by atoms with Crippen LogP contribution >= 0.6 is 15.9 Å². The first-order valence-corrected chi connectivity index (χ1v) is 6.96. The van der Waals surface area contributed by atoms with Crippen molar-refractivity contribution in [3.8, 4) is 0 Å². The Kier molecular flexibility index (Phi) is 4.34. The van der Waals surface area contributed by atoms with Crippen molar-refractivity contribution in [2.75, 3.05) is 0 Å². The summed E-state index contributed by atoms with van der Waals surface area (Å²) in [6.45, 7) is 6.19. The first-order chi connectivity index (χ1) is 9.06. The number of pyridine rings is 1. The minimum atomic E-state index is -0.194. The third kappa shape index (κ3) is 2.70. The summed E-state index contributed by atoms with van der Waals surface area (Å²) in [5.41, 5.74) is 5.83. The van der Waals surface area contributed by atoms with E-state index in [1.54, 1.807) is 12.4 Å². The van der Waals surface area contributed by atoms with Crippen LogP contribution in [0.25, 0.3) is 0 Å². The Hall–Kier alpha value is -1.24. The lowest BCUT2D eigenvalue weighted by Gasteiger charge is -2.21. The molecule has 0 saturated heterocycles. The molecule has 5 nitrogen and oxygen atoms in total. The van der Waals surface area contributed by atoms with Crippen LogP contribution < -0.4 is 11.3 Å². The van der Waals surface area contributed by atoms with Crippen molar-refractivity contribution < 1.29 is 0 Å². The first kappa shape index (κ1) is 14.2. The van der Waals surface area contributed by atoms with Gasteiger partial charge in [-0.05, 0) is 48.3 Å². The molecule has 0 aliphatic heterocycles. The van der Waals surface area contributed by atoms with Crippen molar-refractivity contribution in [3.05, 3.63) is 46.0 Å². The quantitative estimate of drug-likeness (QED) is 0.670. The minimum Gasteiger partial charge on any atom is -0.270 e. The maximum Gasteiger partial charge on any atom is 0.106 e. The summed E-state index contributed by atoms with van der Waals surface area (Å²) in [5.74, 6) is 5.75. The molecule has 1 atom stereocenters. The first-order valence-electron chi connectivity index (χ1n) is 6.16. The molecule has 0 amide bonds. The minimum absolute atomic E-state index is 0.194. The second kappa shape index (κ2) is 5.81. The Morgan fingerprint density at radius 3 is 2.74 bits per heavy atom. The standard InChI is InChI=1S/C13H18BrN5/c1-8(2)19-13(10(14)7-17-19)12(18-15)11-9(3)5-4-6-16-11/h4-8,12,18H,15H2,1-3H3. The van der Waals surface area contributed by atoms with E-state index in [-0.39, 0.29) is 12.1 Å². The topological polar surface area (TPSA) is 68.8 Å². The molecule has 0 aromatic carbocycles. The van der Waals surface area contributed by atoms with E-state index in [4.69, 9.17) is 5.84 Å². The fourth-order valence-electron chi connectivity index (χ4n) is 2.12. The van der Waals surface area contributed by atoms with Crippen LogP contribution in [0.4, 0.5) is 0 Å². The largest absolute Gasteiger partial charge is 0.270 e. The van der Waals surface area contributed by atoms with Gasteiger partial charge in [0.1, 0.15) is 6.04 Å². The summed E-state index contributed by atoms with van der Waals surface area (Å²) in [4.78, 5) is 4.44. The van der Waals surface area contributed by atoms with Crippen LogP contribution in [0.15, 0.2) is 29.0 Å². The van der Waals surface area contributed by atoms with Gasteiger partial charge in [-0.25, -0.2) is 5.43 Å². The Bertz CT molecular complexity index is 564. The molecule has 0 aliphatic rings. The van der Waals surface area contributed by atoms with Gasteiger partial charge in [0, 0.05) is 12.2 Å². The van der Waals surface area contributed by atoms with Crippen molar-refractivity contribution in [3.63, 3.8) is 0 Å². The summed E-state index contributed by atoms with van der Waals surface area (Å²) in [5, 5.41) is 4.39. The molecule has 0 aliphatic carbocycles. The molecule has 3 N–H and O–H groups in total. The molecule has 6 heteroatoms. The van der Waals surface area contributed by atoms with Crippen LogP contribution in [0.5, 0.6) is 0 Å². The molecule has 0 bridgehead atoms. The molecular formula is C13H18BrN5. The van der Waals surface area contributed by atoms with E-state index in [0.717, 1.165) is 21.4 Å². The number of hydrogen-bond donors (Lipinski definition) is 2. The van der Waals surface area contributed by atoms with E-state index in [2.05, 4.69) is 45.3 Å². The predicted octanol–water partition coefficient (Wildman–Crippen LogP) is 2.48. The lowest BCUT2D eigenvalue weighted by molar-refractivity contribution is 0.471. The molecule has 0 saturated carbocycles. The summed E-state index contributed by atoms with van der Waals surface area (Å²) >= 11 is 3.54. The van der Waals surface area contributed by atoms with Gasteiger partial charge in [-0.3, -0.25) is 15.5 Å². The van der Waals surface area contributed by atoms with Crippen LogP contribution in [-0.4, -0.2) is 14.8 Å². The third-order valence-electron chi connectivity index (χ3n) is 3.04. The van der Waals surface area contributed by atoms with Gasteiger partial charge in [0.05, 0.1) is 22.1 Å². The second-order valence-electron chi connectivity index (χ2n) is 4.72. The average Bonchev–Trinajstić information content (AvgIpc) is 2.75. The molecule has 2 aromatic heterocycles. The zero-order chi connectivity index (χ0) is 14.0. The van der Waals surface area contributed by atoms with Gasteiger partial charge in [0.15, 0.2) is 0 Å². The van der Waals surface area contributed by atoms with Crippen molar-refractivity contribution >= 4 is 15.9 Å². The van der Waals surface area contributed by atoms with E-state index >= 15 is 0 Å². The SMILES string of the molecule is Cc1cccnc1C(NN)c1c(Br)cnn1C(C)C. The highest BCUT2D eigenvalue weighted by Crippen LogP contribution is 2.30. The monoisotopic (exact) mass is 323 g/mol. The number of aryl methyl sites for hydroxylation is 1. The molecule has 0 spiro atoms. The van der Waals surface area contributed by atoms with Gasteiger partial charge in [-0.2, -0.15) is 5.10 Å². The molecule has 102 valence electrons. The molecular weight excluding hydrogens is 306 g/mol. The van der Waals surface area contributed by atoms with Crippen LogP contribution in [0, 0.1) is 6.92 Å². The zero-order valence-corrected chi connectivity index (χ0v) is 12.8. The highest BCUT2D eigenvalue weighted by Gasteiger charge is 2.24. The Balaban J connectivity index is 2.55. The number of hydrazine groups is 1. The predicted molar refractivity (Wildman–Crippen MR) is 78.5 cm³/mol. The summed E-state index contributed by atoms with van der Waals surface area (Å²) in [6.07, 6.45) is 3.56. The maximum atomic E-state index is 5.75. The van der Waals surface area contributed by atoms with Crippen LogP contribution in [0.2, 0.25) is 0 Å². The van der Waals surface area contributed by atoms with Gasteiger partial charge in [0.25, 0.3) is 0 Å². The Morgan fingerprint density at radius 1 is 1.42 bits per heavy atom.